The molecule has 0 atom stereocenters. The van der Waals surface area contributed by atoms with Crippen LogP contribution in [0.25, 0.3) is 0 Å². The summed E-state index contributed by atoms with van der Waals surface area (Å²) in [5.41, 5.74) is 8.95. The maximum atomic E-state index is 5.67. The summed E-state index contributed by atoms with van der Waals surface area (Å²) in [5, 5.41) is 0. The van der Waals surface area contributed by atoms with Crippen molar-refractivity contribution in [2.75, 3.05) is 49.0 Å². The number of nitrogens with two attached hydrogens (primary N) is 1. The lowest BCUT2D eigenvalue weighted by atomic mass is 10.2. The van der Waals surface area contributed by atoms with Gasteiger partial charge in [0.25, 0.3) is 0 Å². The van der Waals surface area contributed by atoms with Gasteiger partial charge in [-0.3, -0.25) is 0 Å². The predicted molar refractivity (Wildman–Crippen MR) is 106 cm³/mol. The summed E-state index contributed by atoms with van der Waals surface area (Å²) in [7, 11) is 1.69. The van der Waals surface area contributed by atoms with Crippen LogP contribution in [0.5, 0.6) is 5.75 Å². The molecule has 2 aromatic rings. The summed E-state index contributed by atoms with van der Waals surface area (Å²) in [6.07, 6.45) is 0. The van der Waals surface area contributed by atoms with Crippen molar-refractivity contribution in [3.8, 4) is 5.75 Å². The average molecular weight is 359 g/mol. The van der Waals surface area contributed by atoms with Gasteiger partial charge >= 0.3 is 0 Å². The molecule has 2 aromatic carbocycles. The molecule has 0 aliphatic carbocycles. The predicted octanol–water partition coefficient (Wildman–Crippen LogP) is 3.25. The summed E-state index contributed by atoms with van der Waals surface area (Å²) < 4.78 is 5.22. The molecule has 0 unspecified atom stereocenters. The van der Waals surface area contributed by atoms with Gasteiger partial charge in [-0.25, -0.2) is 4.99 Å². The van der Waals surface area contributed by atoms with Gasteiger partial charge in [0.1, 0.15) is 11.6 Å². The highest BCUT2D eigenvalue weighted by atomic mass is 35.5. The third kappa shape index (κ3) is 4.37. The summed E-state index contributed by atoms with van der Waals surface area (Å²) in [4.78, 5) is 9.04. The zero-order valence-electron chi connectivity index (χ0n) is 14.4. The van der Waals surface area contributed by atoms with Crippen LogP contribution in [0.2, 0.25) is 0 Å². The van der Waals surface area contributed by atoms with Crippen molar-refractivity contribution in [3.05, 3.63) is 48.5 Å². The van der Waals surface area contributed by atoms with E-state index in [9.17, 15) is 0 Å². The van der Waals surface area contributed by atoms with Gasteiger partial charge < -0.3 is 20.3 Å². The number of rotatable bonds is 5. The number of amidine groups is 1. The van der Waals surface area contributed by atoms with E-state index in [4.69, 9.17) is 22.1 Å². The summed E-state index contributed by atoms with van der Waals surface area (Å²) >= 11 is 5.66. The van der Waals surface area contributed by atoms with Gasteiger partial charge in [-0.15, -0.1) is 11.6 Å². The molecular formula is C19H23ClN4O. The molecule has 0 spiro atoms. The van der Waals surface area contributed by atoms with Crippen molar-refractivity contribution in [1.29, 1.82) is 0 Å². The number of halogens is 1. The fourth-order valence-electron chi connectivity index (χ4n) is 2.95. The lowest BCUT2D eigenvalue weighted by Gasteiger charge is -2.37. The van der Waals surface area contributed by atoms with E-state index < -0.39 is 0 Å². The molecule has 6 heteroatoms. The topological polar surface area (TPSA) is 54.1 Å². The first-order chi connectivity index (χ1) is 12.2. The molecule has 0 amide bonds. The van der Waals surface area contributed by atoms with E-state index in [0.29, 0.717) is 5.84 Å². The second-order valence-electron chi connectivity index (χ2n) is 5.93. The number of nitrogens with zero attached hydrogens (tertiary/aromatic N) is 3. The van der Waals surface area contributed by atoms with Gasteiger partial charge in [0, 0.05) is 37.6 Å². The second kappa shape index (κ2) is 8.12. The lowest BCUT2D eigenvalue weighted by Crippen LogP contribution is -2.46. The van der Waals surface area contributed by atoms with Crippen LogP contribution in [0.4, 0.5) is 17.1 Å². The number of benzene rings is 2. The quantitative estimate of drug-likeness (QED) is 0.506. The van der Waals surface area contributed by atoms with E-state index in [0.717, 1.165) is 37.6 Å². The van der Waals surface area contributed by atoms with Gasteiger partial charge in [-0.2, -0.15) is 0 Å². The molecule has 1 saturated heterocycles. The molecule has 0 radical (unpaired) electrons. The Morgan fingerprint density at radius 2 is 1.44 bits per heavy atom. The Balaban J connectivity index is 1.60. The minimum atomic E-state index is 0.245. The minimum Gasteiger partial charge on any atom is -0.497 e. The Hall–Kier alpha value is -2.40. The molecule has 0 saturated carbocycles. The molecule has 0 bridgehead atoms. The molecule has 1 fully saturated rings. The molecule has 25 heavy (non-hydrogen) atoms. The highest BCUT2D eigenvalue weighted by Gasteiger charge is 2.17. The molecule has 5 nitrogen and oxygen atoms in total. The molecule has 2 N–H and O–H groups in total. The van der Waals surface area contributed by atoms with Crippen molar-refractivity contribution >= 4 is 34.5 Å². The first-order valence-electron chi connectivity index (χ1n) is 8.32. The normalized spacial score (nSPS) is 15.4. The molecule has 0 aromatic heterocycles. The van der Waals surface area contributed by atoms with Crippen LogP contribution >= 0.6 is 11.6 Å². The number of hydrogen-bond acceptors (Lipinski definition) is 4. The molecule has 1 aliphatic heterocycles. The van der Waals surface area contributed by atoms with Crippen molar-refractivity contribution in [2.45, 2.75) is 0 Å². The molecule has 1 heterocycles. The largest absolute Gasteiger partial charge is 0.497 e. The second-order valence-corrected chi connectivity index (χ2v) is 6.19. The highest BCUT2D eigenvalue weighted by molar-refractivity contribution is 6.28. The Morgan fingerprint density at radius 3 is 1.88 bits per heavy atom. The van der Waals surface area contributed by atoms with Crippen molar-refractivity contribution in [1.82, 2.24) is 0 Å². The highest BCUT2D eigenvalue weighted by Crippen LogP contribution is 2.24. The maximum absolute atomic E-state index is 5.67. The zero-order chi connectivity index (χ0) is 17.6. The number of hydrogen-bond donors (Lipinski definition) is 1. The van der Waals surface area contributed by atoms with Gasteiger partial charge in [0.05, 0.1) is 18.7 Å². The van der Waals surface area contributed by atoms with E-state index >= 15 is 0 Å². The van der Waals surface area contributed by atoms with E-state index in [-0.39, 0.29) is 5.88 Å². The van der Waals surface area contributed by atoms with E-state index in [1.807, 2.05) is 24.3 Å². The summed E-state index contributed by atoms with van der Waals surface area (Å²) in [6, 6.07) is 16.4. The lowest BCUT2D eigenvalue weighted by molar-refractivity contribution is 0.415. The average Bonchev–Trinajstić information content (AvgIpc) is 2.69. The number of anilines is 2. The first-order valence-corrected chi connectivity index (χ1v) is 8.86. The summed E-state index contributed by atoms with van der Waals surface area (Å²) in [5.74, 6) is 1.57. The Bertz CT molecular complexity index is 707. The maximum Gasteiger partial charge on any atom is 0.119 e. The van der Waals surface area contributed by atoms with E-state index in [2.05, 4.69) is 39.1 Å². The molecule has 3 rings (SSSR count). The first kappa shape index (κ1) is 17.4. The fraction of sp³-hybridized carbons (Fsp3) is 0.316. The zero-order valence-corrected chi connectivity index (χ0v) is 15.1. The minimum absolute atomic E-state index is 0.245. The number of piperazine rings is 1. The number of alkyl halides is 1. The standard InChI is InChI=1S/C19H23ClN4O/c1-25-18-8-6-17(7-9-18)24-12-10-23(11-13-24)16-4-2-15(3-5-16)22-19(21)14-20/h2-9H,10-14H2,1H3,(H2,21,22). The van der Waals surface area contributed by atoms with Gasteiger partial charge in [0.15, 0.2) is 0 Å². The molecule has 132 valence electrons. The third-order valence-electron chi connectivity index (χ3n) is 4.34. The number of methoxy groups -OCH3 is 1. The van der Waals surface area contributed by atoms with Gasteiger partial charge in [0.2, 0.25) is 0 Å². The van der Waals surface area contributed by atoms with E-state index in [1.54, 1.807) is 7.11 Å². The van der Waals surface area contributed by atoms with Crippen molar-refractivity contribution in [2.24, 2.45) is 10.7 Å². The fourth-order valence-corrected chi connectivity index (χ4v) is 3.01. The smallest absolute Gasteiger partial charge is 0.119 e. The van der Waals surface area contributed by atoms with Crippen LogP contribution in [0.1, 0.15) is 0 Å². The molecular weight excluding hydrogens is 336 g/mol. The van der Waals surface area contributed by atoms with Crippen LogP contribution in [0.15, 0.2) is 53.5 Å². The monoisotopic (exact) mass is 358 g/mol. The van der Waals surface area contributed by atoms with Gasteiger partial charge in [-0.1, -0.05) is 0 Å². The van der Waals surface area contributed by atoms with E-state index in [1.165, 1.54) is 11.4 Å². The molecule has 1 aliphatic rings. The number of ether oxygens (including phenoxy) is 1. The van der Waals surface area contributed by atoms with Crippen molar-refractivity contribution < 1.29 is 4.74 Å². The van der Waals surface area contributed by atoms with Crippen molar-refractivity contribution in [3.63, 3.8) is 0 Å². The van der Waals surface area contributed by atoms with Crippen LogP contribution in [-0.4, -0.2) is 45.0 Å². The van der Waals surface area contributed by atoms with Gasteiger partial charge in [-0.05, 0) is 48.5 Å². The Morgan fingerprint density at radius 1 is 0.960 bits per heavy atom. The van der Waals surface area contributed by atoms with Crippen LogP contribution < -0.4 is 20.3 Å². The SMILES string of the molecule is COc1ccc(N2CCN(c3ccc(N=C(N)CCl)cc3)CC2)cc1. The van der Waals surface area contributed by atoms with Crippen LogP contribution in [0, 0.1) is 0 Å². The Kier molecular flexibility index (Phi) is 5.66. The number of aliphatic imine (C=N–C) groups is 1. The van der Waals surface area contributed by atoms with Crippen LogP contribution in [0.3, 0.4) is 0 Å². The third-order valence-corrected chi connectivity index (χ3v) is 4.62. The van der Waals surface area contributed by atoms with Crippen LogP contribution in [-0.2, 0) is 0 Å². The summed E-state index contributed by atoms with van der Waals surface area (Å²) in [6.45, 7) is 3.95. The Labute approximate surface area is 153 Å².